The molecule has 0 N–H and O–H groups in total. The maximum absolute atomic E-state index is 13.1. The standard InChI is InChI=1S/C22H19FN2O3S/c1-14-10-19(15(2)25(14)12-18-4-3-9-27-18)20(26)13-29-22-24-11-21(28-22)16-5-7-17(23)8-6-16/h3-11H,12-13H2,1-2H3. The lowest BCUT2D eigenvalue weighted by molar-refractivity contribution is 0.102. The van der Waals surface area contributed by atoms with Gasteiger partial charge in [0.1, 0.15) is 11.6 Å². The number of aromatic nitrogens is 2. The van der Waals surface area contributed by atoms with Gasteiger partial charge in [-0.1, -0.05) is 11.8 Å². The SMILES string of the molecule is Cc1cc(C(=O)CSc2ncc(-c3ccc(F)cc3)o2)c(C)n1Cc1ccco1. The molecule has 29 heavy (non-hydrogen) atoms. The zero-order chi connectivity index (χ0) is 20.4. The van der Waals surface area contributed by atoms with Crippen molar-refractivity contribution >= 4 is 17.5 Å². The van der Waals surface area contributed by atoms with E-state index in [1.807, 2.05) is 32.0 Å². The fraction of sp³-hybridized carbons (Fsp3) is 0.182. The number of hydrogen-bond acceptors (Lipinski definition) is 5. The van der Waals surface area contributed by atoms with Crippen molar-refractivity contribution in [3.63, 3.8) is 0 Å². The molecule has 0 atom stereocenters. The summed E-state index contributed by atoms with van der Waals surface area (Å²) in [5.74, 6) is 1.30. The van der Waals surface area contributed by atoms with Gasteiger partial charge in [0.05, 0.1) is 24.8 Å². The van der Waals surface area contributed by atoms with E-state index in [2.05, 4.69) is 9.55 Å². The number of rotatable bonds is 7. The molecule has 0 spiro atoms. The smallest absolute Gasteiger partial charge is 0.256 e. The van der Waals surface area contributed by atoms with Crippen LogP contribution in [0.3, 0.4) is 0 Å². The average Bonchev–Trinajstić information content (AvgIpc) is 3.45. The minimum Gasteiger partial charge on any atom is -0.467 e. The number of aryl methyl sites for hydroxylation is 1. The summed E-state index contributed by atoms with van der Waals surface area (Å²) >= 11 is 1.24. The Balaban J connectivity index is 1.43. The van der Waals surface area contributed by atoms with E-state index in [0.29, 0.717) is 23.1 Å². The van der Waals surface area contributed by atoms with Crippen LogP contribution in [-0.4, -0.2) is 21.1 Å². The number of halogens is 1. The summed E-state index contributed by atoms with van der Waals surface area (Å²) < 4.78 is 26.2. The summed E-state index contributed by atoms with van der Waals surface area (Å²) in [6.07, 6.45) is 3.22. The van der Waals surface area contributed by atoms with E-state index in [1.54, 1.807) is 24.6 Å². The van der Waals surface area contributed by atoms with E-state index in [4.69, 9.17) is 8.83 Å². The zero-order valence-electron chi connectivity index (χ0n) is 16.0. The van der Waals surface area contributed by atoms with Crippen molar-refractivity contribution in [1.82, 2.24) is 9.55 Å². The number of nitrogens with zero attached hydrogens (tertiary/aromatic N) is 2. The normalized spacial score (nSPS) is 11.1. The number of benzene rings is 1. The Bertz CT molecular complexity index is 1130. The highest BCUT2D eigenvalue weighted by Crippen LogP contribution is 2.27. The molecule has 0 radical (unpaired) electrons. The third-order valence-electron chi connectivity index (χ3n) is 4.71. The first-order chi connectivity index (χ1) is 14.0. The number of carbonyl (C=O) groups excluding carboxylic acids is 1. The van der Waals surface area contributed by atoms with Crippen molar-refractivity contribution in [2.75, 3.05) is 5.75 Å². The molecule has 7 heteroatoms. The number of ketones is 1. The van der Waals surface area contributed by atoms with Crippen molar-refractivity contribution < 1.29 is 18.0 Å². The highest BCUT2D eigenvalue weighted by molar-refractivity contribution is 7.99. The van der Waals surface area contributed by atoms with Gasteiger partial charge >= 0.3 is 0 Å². The molecule has 1 aromatic carbocycles. The summed E-state index contributed by atoms with van der Waals surface area (Å²) in [5, 5.41) is 0.405. The second kappa shape index (κ2) is 8.13. The molecule has 4 rings (SSSR count). The van der Waals surface area contributed by atoms with E-state index in [0.717, 1.165) is 22.7 Å². The van der Waals surface area contributed by atoms with Crippen LogP contribution in [0.15, 0.2) is 69.0 Å². The maximum atomic E-state index is 13.1. The quantitative estimate of drug-likeness (QED) is 0.297. The number of Topliss-reactive ketones (excluding diaryl/α,β-unsaturated/α-hetero) is 1. The topological polar surface area (TPSA) is 61.2 Å². The Morgan fingerprint density at radius 2 is 2.00 bits per heavy atom. The molecule has 4 aromatic rings. The van der Waals surface area contributed by atoms with Gasteiger partial charge in [-0.2, -0.15) is 0 Å². The second-order valence-corrected chi connectivity index (χ2v) is 7.59. The first kappa shape index (κ1) is 19.3. The molecule has 0 saturated heterocycles. The van der Waals surface area contributed by atoms with Crippen molar-refractivity contribution in [1.29, 1.82) is 0 Å². The first-order valence-electron chi connectivity index (χ1n) is 9.08. The maximum Gasteiger partial charge on any atom is 0.256 e. The molecule has 0 unspecified atom stereocenters. The van der Waals surface area contributed by atoms with Gasteiger partial charge in [0, 0.05) is 22.5 Å². The number of oxazole rings is 1. The van der Waals surface area contributed by atoms with Crippen LogP contribution in [0.1, 0.15) is 27.5 Å². The van der Waals surface area contributed by atoms with E-state index in [9.17, 15) is 9.18 Å². The van der Waals surface area contributed by atoms with E-state index < -0.39 is 0 Å². The Morgan fingerprint density at radius 3 is 2.72 bits per heavy atom. The average molecular weight is 410 g/mol. The van der Waals surface area contributed by atoms with Crippen molar-refractivity contribution in [2.45, 2.75) is 25.6 Å². The first-order valence-corrected chi connectivity index (χ1v) is 10.1. The third kappa shape index (κ3) is 4.19. The van der Waals surface area contributed by atoms with Gasteiger partial charge in [-0.05, 0) is 56.3 Å². The Labute approximate surface area is 171 Å². The van der Waals surface area contributed by atoms with Crippen LogP contribution in [0, 0.1) is 19.7 Å². The van der Waals surface area contributed by atoms with Crippen LogP contribution in [-0.2, 0) is 6.54 Å². The second-order valence-electron chi connectivity index (χ2n) is 6.66. The largest absolute Gasteiger partial charge is 0.467 e. The summed E-state index contributed by atoms with van der Waals surface area (Å²) in [7, 11) is 0. The van der Waals surface area contributed by atoms with Crippen LogP contribution in [0.4, 0.5) is 4.39 Å². The van der Waals surface area contributed by atoms with Crippen LogP contribution in [0.5, 0.6) is 0 Å². The van der Waals surface area contributed by atoms with Gasteiger partial charge in [-0.25, -0.2) is 9.37 Å². The number of carbonyl (C=O) groups is 1. The molecule has 0 aliphatic heterocycles. The van der Waals surface area contributed by atoms with Crippen LogP contribution >= 0.6 is 11.8 Å². The van der Waals surface area contributed by atoms with Crippen molar-refractivity contribution in [2.24, 2.45) is 0 Å². The van der Waals surface area contributed by atoms with Gasteiger partial charge in [0.15, 0.2) is 11.5 Å². The van der Waals surface area contributed by atoms with Crippen LogP contribution in [0.25, 0.3) is 11.3 Å². The highest BCUT2D eigenvalue weighted by atomic mass is 32.2. The van der Waals surface area contributed by atoms with Gasteiger partial charge in [0.2, 0.25) is 0 Å². The third-order valence-corrected chi connectivity index (χ3v) is 5.55. The van der Waals surface area contributed by atoms with Crippen molar-refractivity contribution in [3.8, 4) is 11.3 Å². The lowest BCUT2D eigenvalue weighted by Crippen LogP contribution is -2.07. The molecule has 148 valence electrons. The highest BCUT2D eigenvalue weighted by Gasteiger charge is 2.18. The molecule has 3 heterocycles. The van der Waals surface area contributed by atoms with Crippen LogP contribution in [0.2, 0.25) is 0 Å². The fourth-order valence-electron chi connectivity index (χ4n) is 3.16. The molecule has 3 aromatic heterocycles. The number of furan rings is 1. The molecular weight excluding hydrogens is 391 g/mol. The monoisotopic (exact) mass is 410 g/mol. The van der Waals surface area contributed by atoms with Gasteiger partial charge in [0.25, 0.3) is 5.22 Å². The fourth-order valence-corrected chi connectivity index (χ4v) is 3.85. The minimum atomic E-state index is -0.307. The molecule has 0 saturated carbocycles. The van der Waals surface area contributed by atoms with Crippen molar-refractivity contribution in [3.05, 3.63) is 83.5 Å². The predicted octanol–water partition coefficient (Wildman–Crippen LogP) is 5.52. The summed E-state index contributed by atoms with van der Waals surface area (Å²) in [6.45, 7) is 4.50. The molecule has 0 amide bonds. The molecule has 0 bridgehead atoms. The Hall–Kier alpha value is -3.06. The van der Waals surface area contributed by atoms with E-state index in [-0.39, 0.29) is 17.4 Å². The van der Waals surface area contributed by atoms with Gasteiger partial charge in [-0.15, -0.1) is 0 Å². The van der Waals surface area contributed by atoms with E-state index in [1.165, 1.54) is 23.9 Å². The van der Waals surface area contributed by atoms with Crippen LogP contribution < -0.4 is 0 Å². The lowest BCUT2D eigenvalue weighted by Gasteiger charge is -2.07. The van der Waals surface area contributed by atoms with Gasteiger partial charge < -0.3 is 13.4 Å². The number of hydrogen-bond donors (Lipinski definition) is 0. The lowest BCUT2D eigenvalue weighted by atomic mass is 10.2. The van der Waals surface area contributed by atoms with Gasteiger partial charge in [-0.3, -0.25) is 4.79 Å². The molecule has 0 aliphatic carbocycles. The summed E-state index contributed by atoms with van der Waals surface area (Å²) in [5.41, 5.74) is 3.33. The summed E-state index contributed by atoms with van der Waals surface area (Å²) in [4.78, 5) is 17.0. The molecule has 5 nitrogen and oxygen atoms in total. The zero-order valence-corrected chi connectivity index (χ0v) is 16.8. The minimum absolute atomic E-state index is 0.00956. The van der Waals surface area contributed by atoms with E-state index >= 15 is 0 Å². The Morgan fingerprint density at radius 1 is 1.21 bits per heavy atom. The Kier molecular flexibility index (Phi) is 5.40. The molecular formula is C22H19FN2O3S. The summed E-state index contributed by atoms with van der Waals surface area (Å²) in [6, 6.07) is 11.7. The molecule has 0 fully saturated rings. The predicted molar refractivity (Wildman–Crippen MR) is 109 cm³/mol. The number of thioether (sulfide) groups is 1. The molecule has 0 aliphatic rings.